The van der Waals surface area contributed by atoms with E-state index in [1.807, 2.05) is 11.0 Å². The molecule has 44 heavy (non-hydrogen) atoms. The minimum atomic E-state index is -4.00. The summed E-state index contributed by atoms with van der Waals surface area (Å²) in [6.45, 7) is 4.81. The molecule has 3 aromatic carbocycles. The Balaban J connectivity index is 1.52. The molecule has 0 bridgehead atoms. The van der Waals surface area contributed by atoms with Crippen molar-refractivity contribution in [1.29, 1.82) is 0 Å². The van der Waals surface area contributed by atoms with Crippen molar-refractivity contribution in [2.75, 3.05) is 67.6 Å². The van der Waals surface area contributed by atoms with Gasteiger partial charge in [0.05, 0.1) is 47.1 Å². The quantitative estimate of drug-likeness (QED) is 0.349. The molecule has 13 heteroatoms. The van der Waals surface area contributed by atoms with E-state index >= 15 is 0 Å². The summed E-state index contributed by atoms with van der Waals surface area (Å²) in [6.07, 6.45) is 2.56. The molecule has 0 unspecified atom stereocenters. The number of piperidine rings is 1. The van der Waals surface area contributed by atoms with Gasteiger partial charge in [0.15, 0.2) is 0 Å². The summed E-state index contributed by atoms with van der Waals surface area (Å²) < 4.78 is 68.2. The molecule has 2 aliphatic heterocycles. The lowest BCUT2D eigenvalue weighted by Gasteiger charge is -2.31. The first kappa shape index (κ1) is 31.8. The van der Waals surface area contributed by atoms with Crippen LogP contribution in [0.3, 0.4) is 0 Å². The van der Waals surface area contributed by atoms with Gasteiger partial charge in [0.25, 0.3) is 15.9 Å². The van der Waals surface area contributed by atoms with E-state index in [2.05, 4.69) is 5.32 Å². The molecule has 0 aromatic heterocycles. The fourth-order valence-corrected chi connectivity index (χ4v) is 8.58. The lowest BCUT2D eigenvalue weighted by molar-refractivity contribution is 0.102. The summed E-state index contributed by atoms with van der Waals surface area (Å²) in [5, 5.41) is 2.81. The van der Waals surface area contributed by atoms with Gasteiger partial charge < -0.3 is 19.7 Å². The van der Waals surface area contributed by atoms with Crippen LogP contribution in [0.2, 0.25) is 0 Å². The van der Waals surface area contributed by atoms with Crippen LogP contribution in [0.1, 0.15) is 36.5 Å². The third-order valence-corrected chi connectivity index (χ3v) is 11.6. The number of methoxy groups -OCH3 is 1. The summed E-state index contributed by atoms with van der Waals surface area (Å²) in [5.41, 5.74) is 1.37. The van der Waals surface area contributed by atoms with Crippen molar-refractivity contribution in [3.8, 4) is 5.75 Å². The molecule has 0 aliphatic carbocycles. The van der Waals surface area contributed by atoms with Crippen LogP contribution in [0.4, 0.5) is 17.1 Å². The first-order valence-corrected chi connectivity index (χ1v) is 17.6. The molecule has 0 atom stereocenters. The van der Waals surface area contributed by atoms with Gasteiger partial charge in [-0.1, -0.05) is 24.6 Å². The highest BCUT2D eigenvalue weighted by molar-refractivity contribution is 7.92. The second kappa shape index (κ2) is 13.6. The standard InChI is InChI=1S/C31H38N4O7S2/c1-3-35(24-10-6-4-7-11-24)44(39,40)26-13-15-30(41-2)28(23-26)32-31(36)27-22-25(43(37,38)34-16-8-5-9-17-34)12-14-29(27)33-18-20-42-21-19-33/h4,6-7,10-15,22-23H,3,5,8-9,16-21H2,1-2H3,(H,32,36). The fourth-order valence-electron chi connectivity index (χ4n) is 5.54. The van der Waals surface area contributed by atoms with Crippen molar-refractivity contribution in [1.82, 2.24) is 4.31 Å². The highest BCUT2D eigenvalue weighted by Crippen LogP contribution is 2.33. The van der Waals surface area contributed by atoms with Gasteiger partial charge in [-0.05, 0) is 68.3 Å². The van der Waals surface area contributed by atoms with E-state index in [-0.39, 0.29) is 33.3 Å². The number of amides is 1. The van der Waals surface area contributed by atoms with Crippen LogP contribution >= 0.6 is 0 Å². The van der Waals surface area contributed by atoms with Gasteiger partial charge in [-0.25, -0.2) is 16.8 Å². The maximum atomic E-state index is 14.0. The van der Waals surface area contributed by atoms with Crippen molar-refractivity contribution in [2.24, 2.45) is 0 Å². The normalized spacial score (nSPS) is 16.4. The molecule has 0 saturated carbocycles. The zero-order chi connectivity index (χ0) is 31.3. The van der Waals surface area contributed by atoms with Gasteiger partial charge >= 0.3 is 0 Å². The van der Waals surface area contributed by atoms with E-state index in [1.165, 1.54) is 40.0 Å². The number of carbonyl (C=O) groups is 1. The van der Waals surface area contributed by atoms with Crippen molar-refractivity contribution in [2.45, 2.75) is 36.0 Å². The summed E-state index contributed by atoms with van der Waals surface area (Å²) in [6, 6.07) is 17.7. The molecule has 2 heterocycles. The van der Waals surface area contributed by atoms with Crippen LogP contribution in [-0.2, 0) is 24.8 Å². The fraction of sp³-hybridized carbons (Fsp3) is 0.387. The number of ether oxygens (including phenoxy) is 2. The highest BCUT2D eigenvalue weighted by Gasteiger charge is 2.30. The van der Waals surface area contributed by atoms with Gasteiger partial charge in [-0.15, -0.1) is 0 Å². The Morgan fingerprint density at radius 3 is 2.23 bits per heavy atom. The Kier molecular flexibility index (Phi) is 9.78. The molecule has 0 spiro atoms. The molecule has 1 N–H and O–H groups in total. The van der Waals surface area contributed by atoms with Crippen LogP contribution < -0.4 is 19.3 Å². The van der Waals surface area contributed by atoms with Gasteiger partial charge in [0.1, 0.15) is 5.75 Å². The number of nitrogens with one attached hydrogen (secondary N) is 1. The lowest BCUT2D eigenvalue weighted by atomic mass is 10.1. The maximum Gasteiger partial charge on any atom is 0.264 e. The van der Waals surface area contributed by atoms with Crippen molar-refractivity contribution < 1.29 is 31.1 Å². The van der Waals surface area contributed by atoms with E-state index < -0.39 is 26.0 Å². The number of para-hydroxylation sites is 1. The van der Waals surface area contributed by atoms with Gasteiger partial charge in [-0.3, -0.25) is 9.10 Å². The Hall–Kier alpha value is -3.65. The van der Waals surface area contributed by atoms with Crippen LogP contribution in [-0.4, -0.2) is 80.1 Å². The summed E-state index contributed by atoms with van der Waals surface area (Å²) in [5.74, 6) is -0.337. The molecule has 2 fully saturated rings. The predicted molar refractivity (Wildman–Crippen MR) is 170 cm³/mol. The number of hydrogen-bond acceptors (Lipinski definition) is 8. The molecular formula is C31H38N4O7S2. The molecule has 236 valence electrons. The minimum Gasteiger partial charge on any atom is -0.495 e. The number of carbonyl (C=O) groups excluding carboxylic acids is 1. The maximum absolute atomic E-state index is 14.0. The Labute approximate surface area is 259 Å². The number of anilines is 3. The second-order valence-electron chi connectivity index (χ2n) is 10.6. The van der Waals surface area contributed by atoms with Gasteiger partial charge in [-0.2, -0.15) is 4.31 Å². The average molecular weight is 643 g/mol. The summed E-state index contributed by atoms with van der Waals surface area (Å²) >= 11 is 0. The molecule has 11 nitrogen and oxygen atoms in total. The van der Waals surface area contributed by atoms with Crippen molar-refractivity contribution in [3.63, 3.8) is 0 Å². The van der Waals surface area contributed by atoms with E-state index in [0.29, 0.717) is 50.8 Å². The molecule has 5 rings (SSSR count). The lowest BCUT2D eigenvalue weighted by Crippen LogP contribution is -2.38. The first-order valence-electron chi connectivity index (χ1n) is 14.7. The number of sulfonamides is 2. The zero-order valence-corrected chi connectivity index (χ0v) is 26.6. The van der Waals surface area contributed by atoms with Crippen LogP contribution in [0.25, 0.3) is 0 Å². The van der Waals surface area contributed by atoms with Gasteiger partial charge in [0, 0.05) is 38.4 Å². The SMILES string of the molecule is CCN(c1ccccc1)S(=O)(=O)c1ccc(OC)c(NC(=O)c2cc(S(=O)(=O)N3CCCCC3)ccc2N2CCOCC2)c1. The van der Waals surface area contributed by atoms with E-state index in [4.69, 9.17) is 9.47 Å². The predicted octanol–water partition coefficient (Wildman–Crippen LogP) is 4.17. The topological polar surface area (TPSA) is 126 Å². The molecular weight excluding hydrogens is 604 g/mol. The van der Waals surface area contributed by atoms with Gasteiger partial charge in [0.2, 0.25) is 10.0 Å². The first-order chi connectivity index (χ1) is 21.2. The van der Waals surface area contributed by atoms with E-state index in [1.54, 1.807) is 43.3 Å². The zero-order valence-electron chi connectivity index (χ0n) is 24.9. The third-order valence-electron chi connectivity index (χ3n) is 7.86. The third kappa shape index (κ3) is 6.55. The summed E-state index contributed by atoms with van der Waals surface area (Å²) in [4.78, 5) is 16.0. The molecule has 1 amide bonds. The Morgan fingerprint density at radius 2 is 1.57 bits per heavy atom. The van der Waals surface area contributed by atoms with E-state index in [9.17, 15) is 21.6 Å². The number of rotatable bonds is 10. The summed E-state index contributed by atoms with van der Waals surface area (Å²) in [7, 11) is -6.39. The number of benzene rings is 3. The van der Waals surface area contributed by atoms with Crippen LogP contribution in [0.15, 0.2) is 76.5 Å². The van der Waals surface area contributed by atoms with Crippen molar-refractivity contribution in [3.05, 3.63) is 72.3 Å². The van der Waals surface area contributed by atoms with Crippen molar-refractivity contribution >= 4 is 43.0 Å². The monoisotopic (exact) mass is 642 g/mol. The van der Waals surface area contributed by atoms with E-state index in [0.717, 1.165) is 19.3 Å². The molecule has 0 radical (unpaired) electrons. The average Bonchev–Trinajstić information content (AvgIpc) is 3.06. The molecule has 2 aliphatic rings. The Bertz CT molecular complexity index is 1690. The highest BCUT2D eigenvalue weighted by atomic mass is 32.2. The minimum absolute atomic E-state index is 0.0332. The number of hydrogen-bond donors (Lipinski definition) is 1. The molecule has 3 aromatic rings. The molecule has 2 saturated heterocycles. The largest absolute Gasteiger partial charge is 0.495 e. The Morgan fingerprint density at radius 1 is 0.886 bits per heavy atom. The van der Waals surface area contributed by atoms with Crippen LogP contribution in [0.5, 0.6) is 5.75 Å². The number of morpholine rings is 1. The second-order valence-corrected chi connectivity index (χ2v) is 14.4. The number of nitrogens with zero attached hydrogens (tertiary/aromatic N) is 3. The van der Waals surface area contributed by atoms with Crippen LogP contribution in [0, 0.1) is 0 Å². The smallest absolute Gasteiger partial charge is 0.264 e.